The lowest BCUT2D eigenvalue weighted by molar-refractivity contribution is 0.374. The fourth-order valence-electron chi connectivity index (χ4n) is 2.72. The van der Waals surface area contributed by atoms with Crippen LogP contribution in [-0.2, 0) is 0 Å². The Hall–Kier alpha value is -1.67. The largest absolute Gasteiger partial charge is 0.497 e. The summed E-state index contributed by atoms with van der Waals surface area (Å²) in [5.74, 6) is 1.51. The lowest BCUT2D eigenvalue weighted by atomic mass is 9.76. The van der Waals surface area contributed by atoms with E-state index in [0.717, 1.165) is 29.3 Å². The summed E-state index contributed by atoms with van der Waals surface area (Å²) in [6, 6.07) is 16.8. The van der Waals surface area contributed by atoms with E-state index < -0.39 is 0 Å². The lowest BCUT2D eigenvalue weighted by Gasteiger charge is -2.37. The molecule has 0 aliphatic heterocycles. The molecule has 20 heavy (non-hydrogen) atoms. The van der Waals surface area contributed by atoms with Gasteiger partial charge in [0.05, 0.1) is 7.11 Å². The van der Waals surface area contributed by atoms with Gasteiger partial charge in [-0.3, -0.25) is 0 Å². The van der Waals surface area contributed by atoms with E-state index in [1.54, 1.807) is 7.11 Å². The molecule has 0 aromatic heterocycles. The molecular formula is C17H18ClNO. The van der Waals surface area contributed by atoms with Crippen LogP contribution in [0.4, 0.5) is 5.69 Å². The van der Waals surface area contributed by atoms with Crippen LogP contribution < -0.4 is 10.1 Å². The molecule has 2 aromatic rings. The summed E-state index contributed by atoms with van der Waals surface area (Å²) < 4.78 is 5.24. The Kier molecular flexibility index (Phi) is 3.83. The maximum absolute atomic E-state index is 6.04. The number of benzene rings is 2. The van der Waals surface area contributed by atoms with Crippen LogP contribution in [0.1, 0.15) is 24.3 Å². The molecular weight excluding hydrogens is 270 g/mol. The fraction of sp³-hybridized carbons (Fsp3) is 0.294. The van der Waals surface area contributed by atoms with Crippen molar-refractivity contribution < 1.29 is 4.74 Å². The maximum Gasteiger partial charge on any atom is 0.120 e. The van der Waals surface area contributed by atoms with E-state index in [1.807, 2.05) is 30.3 Å². The van der Waals surface area contributed by atoms with E-state index in [4.69, 9.17) is 16.3 Å². The second kappa shape index (κ2) is 5.76. The normalized spacial score (nSPS) is 21.1. The Balaban J connectivity index is 1.58. The highest BCUT2D eigenvalue weighted by atomic mass is 35.5. The van der Waals surface area contributed by atoms with Gasteiger partial charge in [0.2, 0.25) is 0 Å². The van der Waals surface area contributed by atoms with Crippen LogP contribution in [-0.4, -0.2) is 13.2 Å². The molecule has 3 heteroatoms. The van der Waals surface area contributed by atoms with E-state index in [2.05, 4.69) is 23.5 Å². The first-order valence-electron chi connectivity index (χ1n) is 6.90. The Morgan fingerprint density at radius 2 is 1.90 bits per heavy atom. The average molecular weight is 288 g/mol. The summed E-state index contributed by atoms with van der Waals surface area (Å²) in [5.41, 5.74) is 2.47. The molecule has 0 spiro atoms. The first-order chi connectivity index (χ1) is 9.74. The van der Waals surface area contributed by atoms with Crippen molar-refractivity contribution in [2.24, 2.45) is 0 Å². The van der Waals surface area contributed by atoms with Crippen molar-refractivity contribution in [2.75, 3.05) is 12.4 Å². The molecule has 1 aliphatic rings. The number of hydrogen-bond acceptors (Lipinski definition) is 2. The van der Waals surface area contributed by atoms with Gasteiger partial charge in [0.1, 0.15) is 5.75 Å². The highest BCUT2D eigenvalue weighted by Gasteiger charge is 2.30. The Morgan fingerprint density at radius 3 is 2.65 bits per heavy atom. The van der Waals surface area contributed by atoms with Crippen LogP contribution in [0.3, 0.4) is 0 Å². The number of anilines is 1. The third kappa shape index (κ3) is 2.91. The number of hydrogen-bond donors (Lipinski definition) is 1. The summed E-state index contributed by atoms with van der Waals surface area (Å²) in [4.78, 5) is 0. The Labute approximate surface area is 124 Å². The van der Waals surface area contributed by atoms with Crippen molar-refractivity contribution >= 4 is 17.3 Å². The van der Waals surface area contributed by atoms with Gasteiger partial charge in [-0.2, -0.15) is 0 Å². The van der Waals surface area contributed by atoms with Gasteiger partial charge in [0.25, 0.3) is 0 Å². The quantitative estimate of drug-likeness (QED) is 0.879. The number of ether oxygens (including phenoxy) is 1. The smallest absolute Gasteiger partial charge is 0.120 e. The van der Waals surface area contributed by atoms with Crippen LogP contribution in [0.2, 0.25) is 5.02 Å². The van der Waals surface area contributed by atoms with Crippen molar-refractivity contribution in [1.82, 2.24) is 0 Å². The highest BCUT2D eigenvalue weighted by Crippen LogP contribution is 2.39. The van der Waals surface area contributed by atoms with E-state index in [0.29, 0.717) is 12.0 Å². The molecule has 2 nitrogen and oxygen atoms in total. The SMILES string of the molecule is COc1cccc(NC2CC(c3cccc(Cl)c3)C2)c1. The van der Waals surface area contributed by atoms with Gasteiger partial charge in [-0.15, -0.1) is 0 Å². The molecule has 0 bridgehead atoms. The third-order valence-electron chi connectivity index (χ3n) is 3.90. The van der Waals surface area contributed by atoms with Gasteiger partial charge >= 0.3 is 0 Å². The number of nitrogens with one attached hydrogen (secondary N) is 1. The van der Waals surface area contributed by atoms with Crippen molar-refractivity contribution in [3.8, 4) is 5.75 Å². The van der Waals surface area contributed by atoms with E-state index in [9.17, 15) is 0 Å². The van der Waals surface area contributed by atoms with E-state index >= 15 is 0 Å². The van der Waals surface area contributed by atoms with Crippen LogP contribution in [0.25, 0.3) is 0 Å². The highest BCUT2D eigenvalue weighted by molar-refractivity contribution is 6.30. The van der Waals surface area contributed by atoms with Crippen molar-refractivity contribution in [3.05, 3.63) is 59.1 Å². The number of halogens is 1. The monoisotopic (exact) mass is 287 g/mol. The van der Waals surface area contributed by atoms with Gasteiger partial charge in [0, 0.05) is 22.8 Å². The molecule has 0 amide bonds. The van der Waals surface area contributed by atoms with Crippen LogP contribution in [0, 0.1) is 0 Å². The minimum Gasteiger partial charge on any atom is -0.497 e. The van der Waals surface area contributed by atoms with Gasteiger partial charge in [-0.1, -0.05) is 29.8 Å². The molecule has 1 saturated carbocycles. The summed E-state index contributed by atoms with van der Waals surface area (Å²) in [7, 11) is 1.69. The number of rotatable bonds is 4. The molecule has 0 heterocycles. The predicted octanol–water partition coefficient (Wildman–Crippen LogP) is 4.71. The van der Waals surface area contributed by atoms with Gasteiger partial charge in [-0.05, 0) is 48.6 Å². The lowest BCUT2D eigenvalue weighted by Crippen LogP contribution is -2.33. The van der Waals surface area contributed by atoms with Gasteiger partial charge < -0.3 is 10.1 Å². The zero-order valence-corrected chi connectivity index (χ0v) is 12.2. The summed E-state index contributed by atoms with van der Waals surface area (Å²) in [6.45, 7) is 0. The molecule has 2 aromatic carbocycles. The van der Waals surface area contributed by atoms with E-state index in [1.165, 1.54) is 5.56 Å². The van der Waals surface area contributed by atoms with Crippen LogP contribution in [0.15, 0.2) is 48.5 Å². The van der Waals surface area contributed by atoms with E-state index in [-0.39, 0.29) is 0 Å². The zero-order chi connectivity index (χ0) is 13.9. The third-order valence-corrected chi connectivity index (χ3v) is 4.13. The minimum atomic E-state index is 0.533. The van der Waals surface area contributed by atoms with Crippen molar-refractivity contribution in [1.29, 1.82) is 0 Å². The average Bonchev–Trinajstić information content (AvgIpc) is 2.42. The van der Waals surface area contributed by atoms with Crippen molar-refractivity contribution in [3.63, 3.8) is 0 Å². The summed E-state index contributed by atoms with van der Waals surface area (Å²) >= 11 is 6.04. The molecule has 0 radical (unpaired) electrons. The van der Waals surface area contributed by atoms with Crippen LogP contribution >= 0.6 is 11.6 Å². The molecule has 3 rings (SSSR count). The summed E-state index contributed by atoms with van der Waals surface area (Å²) in [6.07, 6.45) is 2.30. The number of methoxy groups -OCH3 is 1. The predicted molar refractivity (Wildman–Crippen MR) is 83.8 cm³/mol. The molecule has 0 atom stereocenters. The molecule has 0 saturated heterocycles. The summed E-state index contributed by atoms with van der Waals surface area (Å²) in [5, 5.41) is 4.38. The topological polar surface area (TPSA) is 21.3 Å². The van der Waals surface area contributed by atoms with Gasteiger partial charge in [0.15, 0.2) is 0 Å². The minimum absolute atomic E-state index is 0.533. The molecule has 1 N–H and O–H groups in total. The molecule has 0 unspecified atom stereocenters. The Morgan fingerprint density at radius 1 is 1.10 bits per heavy atom. The second-order valence-corrected chi connectivity index (χ2v) is 5.73. The zero-order valence-electron chi connectivity index (χ0n) is 11.5. The maximum atomic E-state index is 6.04. The van der Waals surface area contributed by atoms with Crippen LogP contribution in [0.5, 0.6) is 5.75 Å². The molecule has 1 aliphatic carbocycles. The molecule has 104 valence electrons. The Bertz CT molecular complexity index is 593. The van der Waals surface area contributed by atoms with Crippen molar-refractivity contribution in [2.45, 2.75) is 24.8 Å². The first kappa shape index (κ1) is 13.3. The van der Waals surface area contributed by atoms with Gasteiger partial charge in [-0.25, -0.2) is 0 Å². The first-order valence-corrected chi connectivity index (χ1v) is 7.28. The second-order valence-electron chi connectivity index (χ2n) is 5.30. The standard InChI is InChI=1S/C17H18ClNO/c1-20-17-7-3-6-15(11-17)19-16-9-13(10-16)12-4-2-5-14(18)8-12/h2-8,11,13,16,19H,9-10H2,1H3. The molecule has 1 fully saturated rings. The fourth-order valence-corrected chi connectivity index (χ4v) is 2.92.